The fourth-order valence-electron chi connectivity index (χ4n) is 3.98. The van der Waals surface area contributed by atoms with Crippen molar-refractivity contribution in [1.29, 1.82) is 0 Å². The van der Waals surface area contributed by atoms with Crippen LogP contribution in [0.2, 0.25) is 5.02 Å². The van der Waals surface area contributed by atoms with Crippen LogP contribution in [-0.4, -0.2) is 34.6 Å². The predicted octanol–water partition coefficient (Wildman–Crippen LogP) is 5.75. The van der Waals surface area contributed by atoms with E-state index >= 15 is 0 Å². The largest absolute Gasteiger partial charge is 0.352 e. The Kier molecular flexibility index (Phi) is 9.49. The number of rotatable bonds is 9. The third-order valence-electron chi connectivity index (χ3n) is 6.03. The molecule has 0 aromatic heterocycles. The highest BCUT2D eigenvalue weighted by Crippen LogP contribution is 2.22. The third kappa shape index (κ3) is 7.28. The first-order valence-electron chi connectivity index (χ1n) is 11.4. The summed E-state index contributed by atoms with van der Waals surface area (Å²) in [4.78, 5) is 27.9. The minimum absolute atomic E-state index is 0.0478. The maximum Gasteiger partial charge on any atom is 0.242 e. The van der Waals surface area contributed by atoms with Crippen LogP contribution in [0.5, 0.6) is 0 Å². The first kappa shape index (κ1) is 24.7. The van der Waals surface area contributed by atoms with Crippen LogP contribution in [0.1, 0.15) is 55.7 Å². The van der Waals surface area contributed by atoms with Gasteiger partial charge in [-0.1, -0.05) is 78.9 Å². The number of hydrogen-bond donors (Lipinski definition) is 1. The Morgan fingerprint density at radius 2 is 1.78 bits per heavy atom. The SMILES string of the molecule is Cc1ccc(CSCC(=O)N(Cc2ccccc2Cl)[C@H](C)C(=O)NC2CCCCC2)cc1. The Bertz CT molecular complexity index is 897. The van der Waals surface area contributed by atoms with Crippen molar-refractivity contribution in [3.05, 3.63) is 70.2 Å². The fraction of sp³-hybridized carbons (Fsp3) is 0.462. The summed E-state index contributed by atoms with van der Waals surface area (Å²) >= 11 is 7.94. The van der Waals surface area contributed by atoms with E-state index in [2.05, 4.69) is 36.5 Å². The molecule has 1 aliphatic rings. The van der Waals surface area contributed by atoms with E-state index < -0.39 is 6.04 Å². The highest BCUT2D eigenvalue weighted by atomic mass is 35.5. The summed E-state index contributed by atoms with van der Waals surface area (Å²) in [5.74, 6) is 0.947. The van der Waals surface area contributed by atoms with Gasteiger partial charge in [0, 0.05) is 23.4 Å². The molecule has 1 atom stereocenters. The normalized spacial score (nSPS) is 15.2. The second kappa shape index (κ2) is 12.3. The summed E-state index contributed by atoms with van der Waals surface area (Å²) in [6.45, 7) is 4.20. The highest BCUT2D eigenvalue weighted by Gasteiger charge is 2.28. The van der Waals surface area contributed by atoms with E-state index in [1.54, 1.807) is 16.7 Å². The molecule has 0 radical (unpaired) electrons. The van der Waals surface area contributed by atoms with E-state index in [1.165, 1.54) is 17.5 Å². The summed E-state index contributed by atoms with van der Waals surface area (Å²) in [5, 5.41) is 3.78. The Labute approximate surface area is 201 Å². The number of hydrogen-bond acceptors (Lipinski definition) is 3. The minimum Gasteiger partial charge on any atom is -0.352 e. The molecule has 1 saturated carbocycles. The van der Waals surface area contributed by atoms with Gasteiger partial charge in [0.1, 0.15) is 6.04 Å². The number of aryl methyl sites for hydroxylation is 1. The van der Waals surface area contributed by atoms with Crippen molar-refractivity contribution in [3.63, 3.8) is 0 Å². The Morgan fingerprint density at radius 3 is 2.47 bits per heavy atom. The van der Waals surface area contributed by atoms with Crippen LogP contribution in [-0.2, 0) is 21.9 Å². The molecule has 0 saturated heterocycles. The lowest BCUT2D eigenvalue weighted by Crippen LogP contribution is -2.50. The van der Waals surface area contributed by atoms with Crippen molar-refractivity contribution in [3.8, 4) is 0 Å². The molecule has 4 nitrogen and oxygen atoms in total. The first-order chi connectivity index (χ1) is 15.4. The molecular formula is C26H33ClN2O2S. The molecule has 0 unspecified atom stereocenters. The molecule has 6 heteroatoms. The lowest BCUT2D eigenvalue weighted by molar-refractivity contribution is -0.139. The Morgan fingerprint density at radius 1 is 1.09 bits per heavy atom. The minimum atomic E-state index is -0.555. The highest BCUT2D eigenvalue weighted by molar-refractivity contribution is 7.99. The van der Waals surface area contributed by atoms with E-state index in [4.69, 9.17) is 11.6 Å². The fourth-order valence-corrected chi connectivity index (χ4v) is 5.05. The Balaban J connectivity index is 1.65. The van der Waals surface area contributed by atoms with E-state index in [9.17, 15) is 9.59 Å². The maximum atomic E-state index is 13.2. The standard InChI is InChI=1S/C26H33ClN2O2S/c1-19-12-14-21(15-13-19)17-32-18-25(30)29(16-22-8-6-7-11-24(22)27)20(2)26(31)28-23-9-4-3-5-10-23/h6-8,11-15,20,23H,3-5,9-10,16-18H2,1-2H3,(H,28,31)/t20-/m1/s1. The van der Waals surface area contributed by atoms with Gasteiger partial charge < -0.3 is 10.2 Å². The summed E-state index contributed by atoms with van der Waals surface area (Å²) in [6.07, 6.45) is 5.57. The van der Waals surface area contributed by atoms with E-state index in [0.717, 1.165) is 37.0 Å². The molecule has 2 amide bonds. The number of benzene rings is 2. The zero-order chi connectivity index (χ0) is 22.9. The molecule has 2 aromatic rings. The maximum absolute atomic E-state index is 13.2. The van der Waals surface area contributed by atoms with Crippen LogP contribution in [0.3, 0.4) is 0 Å². The number of halogens is 1. The zero-order valence-corrected chi connectivity index (χ0v) is 20.6. The summed E-state index contributed by atoms with van der Waals surface area (Å²) in [6, 6.07) is 15.5. The van der Waals surface area contributed by atoms with Gasteiger partial charge in [0.25, 0.3) is 0 Å². The second-order valence-corrected chi connectivity index (χ2v) is 10.0. The van der Waals surface area contributed by atoms with Gasteiger partial charge >= 0.3 is 0 Å². The molecule has 0 heterocycles. The van der Waals surface area contributed by atoms with Gasteiger partial charge in [-0.15, -0.1) is 11.8 Å². The molecule has 172 valence electrons. The molecule has 3 rings (SSSR count). The number of thioether (sulfide) groups is 1. The number of amides is 2. The van der Waals surface area contributed by atoms with Gasteiger partial charge in [0.2, 0.25) is 11.8 Å². The Hall–Kier alpha value is -1.98. The topological polar surface area (TPSA) is 49.4 Å². The predicted molar refractivity (Wildman–Crippen MR) is 134 cm³/mol. The molecule has 1 fully saturated rings. The van der Waals surface area contributed by atoms with Crippen LogP contribution in [0.15, 0.2) is 48.5 Å². The van der Waals surface area contributed by atoms with Crippen LogP contribution >= 0.6 is 23.4 Å². The summed E-state index contributed by atoms with van der Waals surface area (Å²) in [7, 11) is 0. The average Bonchev–Trinajstić information content (AvgIpc) is 2.80. The van der Waals surface area contributed by atoms with Crippen molar-refractivity contribution in [1.82, 2.24) is 10.2 Å². The van der Waals surface area contributed by atoms with Crippen molar-refractivity contribution in [2.75, 3.05) is 5.75 Å². The average molecular weight is 473 g/mol. The van der Waals surface area contributed by atoms with Crippen LogP contribution in [0.25, 0.3) is 0 Å². The van der Waals surface area contributed by atoms with Crippen LogP contribution in [0.4, 0.5) is 0 Å². The molecule has 0 aliphatic heterocycles. The second-order valence-electron chi connectivity index (χ2n) is 8.61. The van der Waals surface area contributed by atoms with Crippen molar-refractivity contribution in [2.24, 2.45) is 0 Å². The number of nitrogens with zero attached hydrogens (tertiary/aromatic N) is 1. The first-order valence-corrected chi connectivity index (χ1v) is 12.9. The van der Waals surface area contributed by atoms with E-state index in [0.29, 0.717) is 17.3 Å². The zero-order valence-electron chi connectivity index (χ0n) is 19.0. The quantitative estimate of drug-likeness (QED) is 0.505. The van der Waals surface area contributed by atoms with Gasteiger partial charge in [-0.3, -0.25) is 9.59 Å². The molecule has 1 aliphatic carbocycles. The van der Waals surface area contributed by atoms with Crippen molar-refractivity contribution >= 4 is 35.2 Å². The summed E-state index contributed by atoms with van der Waals surface area (Å²) in [5.41, 5.74) is 3.26. The van der Waals surface area contributed by atoms with Crippen LogP contribution < -0.4 is 5.32 Å². The van der Waals surface area contributed by atoms with Gasteiger partial charge in [-0.25, -0.2) is 0 Å². The number of carbonyl (C=O) groups is 2. The molecule has 0 spiro atoms. The van der Waals surface area contributed by atoms with Gasteiger partial charge in [0.05, 0.1) is 5.75 Å². The van der Waals surface area contributed by atoms with Crippen LogP contribution in [0, 0.1) is 6.92 Å². The molecule has 1 N–H and O–H groups in total. The molecule has 2 aromatic carbocycles. The van der Waals surface area contributed by atoms with E-state index in [-0.39, 0.29) is 17.9 Å². The lowest BCUT2D eigenvalue weighted by Gasteiger charge is -2.31. The summed E-state index contributed by atoms with van der Waals surface area (Å²) < 4.78 is 0. The third-order valence-corrected chi connectivity index (χ3v) is 7.39. The molecule has 0 bridgehead atoms. The monoisotopic (exact) mass is 472 g/mol. The van der Waals surface area contributed by atoms with Gasteiger partial charge in [0.15, 0.2) is 0 Å². The molecule has 32 heavy (non-hydrogen) atoms. The number of carbonyl (C=O) groups excluding carboxylic acids is 2. The van der Waals surface area contributed by atoms with Gasteiger partial charge in [-0.05, 0) is 43.9 Å². The van der Waals surface area contributed by atoms with Crippen molar-refractivity contribution in [2.45, 2.75) is 70.3 Å². The number of nitrogens with one attached hydrogen (secondary N) is 1. The van der Waals surface area contributed by atoms with Crippen molar-refractivity contribution < 1.29 is 9.59 Å². The van der Waals surface area contributed by atoms with Gasteiger partial charge in [-0.2, -0.15) is 0 Å². The lowest BCUT2D eigenvalue weighted by atomic mass is 9.95. The smallest absolute Gasteiger partial charge is 0.242 e. The molecular weight excluding hydrogens is 440 g/mol. The van der Waals surface area contributed by atoms with E-state index in [1.807, 2.05) is 31.2 Å².